The Hall–Kier alpha value is -1.52. The van der Waals surface area contributed by atoms with Crippen LogP contribution >= 0.6 is 11.3 Å². The van der Waals surface area contributed by atoms with Gasteiger partial charge in [0.05, 0.1) is 14.2 Å². The minimum absolute atomic E-state index is 0.444. The maximum Gasteiger partial charge on any atom is 0.161 e. The van der Waals surface area contributed by atoms with Crippen LogP contribution in [-0.2, 0) is 19.4 Å². The number of thiophene rings is 1. The van der Waals surface area contributed by atoms with Gasteiger partial charge in [0, 0.05) is 23.4 Å². The minimum atomic E-state index is 0.444. The Morgan fingerprint density at radius 2 is 1.96 bits per heavy atom. The van der Waals surface area contributed by atoms with Gasteiger partial charge in [0.1, 0.15) is 0 Å². The predicted octanol–water partition coefficient (Wildman–Crippen LogP) is 4.27. The number of aryl methyl sites for hydroxylation is 2. The lowest BCUT2D eigenvalue weighted by atomic mass is 9.73. The first-order valence-corrected chi connectivity index (χ1v) is 9.72. The van der Waals surface area contributed by atoms with Crippen molar-refractivity contribution >= 4 is 11.3 Å². The van der Waals surface area contributed by atoms with Gasteiger partial charge in [-0.2, -0.15) is 0 Å². The van der Waals surface area contributed by atoms with E-state index < -0.39 is 0 Å². The van der Waals surface area contributed by atoms with Crippen molar-refractivity contribution in [1.29, 1.82) is 0 Å². The van der Waals surface area contributed by atoms with E-state index in [4.69, 9.17) is 9.47 Å². The Bertz CT molecular complexity index is 752. The van der Waals surface area contributed by atoms with Crippen LogP contribution in [0.5, 0.6) is 11.5 Å². The number of nitrogens with one attached hydrogen (secondary N) is 1. The molecule has 4 rings (SSSR count). The van der Waals surface area contributed by atoms with Crippen molar-refractivity contribution in [2.45, 2.75) is 51.1 Å². The summed E-state index contributed by atoms with van der Waals surface area (Å²) >= 11 is 1.94. The summed E-state index contributed by atoms with van der Waals surface area (Å²) in [6.07, 6.45) is 4.69. The Kier molecular flexibility index (Phi) is 4.27. The first-order valence-electron chi connectivity index (χ1n) is 8.84. The fraction of sp³-hybridized carbons (Fsp3) is 0.500. The summed E-state index contributed by atoms with van der Waals surface area (Å²) in [5.41, 5.74) is 5.91. The molecule has 24 heavy (non-hydrogen) atoms. The standard InChI is InChI=1S/C20H25NO2S/c1-4-5-19-14-10-21-16-7-6-12-8-17(22-2)18(23-3)9-13(12)20(16)15(14)11-24-19/h8-9,11,16,20-21H,4-7,10H2,1-3H3/t16-,20+/m1/s1. The Balaban J connectivity index is 1.82. The van der Waals surface area contributed by atoms with Crippen molar-refractivity contribution in [3.05, 3.63) is 44.6 Å². The van der Waals surface area contributed by atoms with Gasteiger partial charge in [-0.1, -0.05) is 13.3 Å². The molecule has 2 atom stereocenters. The molecule has 0 amide bonds. The molecule has 0 fully saturated rings. The Morgan fingerprint density at radius 3 is 2.71 bits per heavy atom. The maximum atomic E-state index is 5.57. The third-order valence-electron chi connectivity index (χ3n) is 5.47. The van der Waals surface area contributed by atoms with Crippen LogP contribution in [0.1, 0.15) is 52.8 Å². The molecule has 128 valence electrons. The molecule has 4 heteroatoms. The van der Waals surface area contributed by atoms with Gasteiger partial charge in [-0.3, -0.25) is 0 Å². The third kappa shape index (κ3) is 2.44. The number of rotatable bonds is 4. The van der Waals surface area contributed by atoms with Crippen molar-refractivity contribution in [2.24, 2.45) is 0 Å². The molecule has 1 aliphatic heterocycles. The van der Waals surface area contributed by atoms with Crippen LogP contribution in [0.4, 0.5) is 0 Å². The van der Waals surface area contributed by atoms with Crippen molar-refractivity contribution < 1.29 is 9.47 Å². The summed E-state index contributed by atoms with van der Waals surface area (Å²) in [5, 5.41) is 6.21. The third-order valence-corrected chi connectivity index (χ3v) is 6.58. The van der Waals surface area contributed by atoms with Gasteiger partial charge < -0.3 is 14.8 Å². The molecule has 1 aliphatic carbocycles. The SMILES string of the molecule is CCCc1scc2c1CN[C@@H]1CCc3cc(OC)c(OC)cc3[C@@H]21. The van der Waals surface area contributed by atoms with Gasteiger partial charge in [0.15, 0.2) is 11.5 Å². The molecule has 0 radical (unpaired) electrons. The number of methoxy groups -OCH3 is 2. The number of fused-ring (bicyclic) bond motifs is 5. The summed E-state index contributed by atoms with van der Waals surface area (Å²) in [4.78, 5) is 1.56. The van der Waals surface area contributed by atoms with Crippen LogP contribution in [0.25, 0.3) is 0 Å². The van der Waals surface area contributed by atoms with Crippen LogP contribution in [-0.4, -0.2) is 20.3 Å². The first kappa shape index (κ1) is 16.0. The second-order valence-corrected chi connectivity index (χ2v) is 7.72. The molecule has 2 aliphatic rings. The summed E-state index contributed by atoms with van der Waals surface area (Å²) in [7, 11) is 3.44. The maximum absolute atomic E-state index is 5.57. The van der Waals surface area contributed by atoms with Crippen LogP contribution in [0, 0.1) is 0 Å². The lowest BCUT2D eigenvalue weighted by molar-refractivity contribution is 0.349. The Morgan fingerprint density at radius 1 is 1.17 bits per heavy atom. The average Bonchev–Trinajstić information content (AvgIpc) is 3.03. The quantitative estimate of drug-likeness (QED) is 0.899. The second kappa shape index (κ2) is 6.41. The second-order valence-electron chi connectivity index (χ2n) is 6.75. The lowest BCUT2D eigenvalue weighted by Gasteiger charge is -2.39. The average molecular weight is 343 g/mol. The van der Waals surface area contributed by atoms with Gasteiger partial charge in [0.2, 0.25) is 0 Å². The van der Waals surface area contributed by atoms with Crippen molar-refractivity contribution in [3.63, 3.8) is 0 Å². The molecule has 1 aromatic heterocycles. The fourth-order valence-corrected chi connectivity index (χ4v) is 5.52. The van der Waals surface area contributed by atoms with Gasteiger partial charge in [-0.25, -0.2) is 0 Å². The van der Waals surface area contributed by atoms with Crippen molar-refractivity contribution in [3.8, 4) is 11.5 Å². The predicted molar refractivity (Wildman–Crippen MR) is 98.7 cm³/mol. The van der Waals surface area contributed by atoms with Crippen LogP contribution < -0.4 is 14.8 Å². The molecule has 2 heterocycles. The number of hydrogen-bond donors (Lipinski definition) is 1. The summed E-state index contributed by atoms with van der Waals surface area (Å²) in [6.45, 7) is 3.29. The largest absolute Gasteiger partial charge is 0.493 e. The molecule has 2 aromatic rings. The van der Waals surface area contributed by atoms with Crippen LogP contribution in [0.2, 0.25) is 0 Å². The smallest absolute Gasteiger partial charge is 0.161 e. The van der Waals surface area contributed by atoms with Crippen molar-refractivity contribution in [1.82, 2.24) is 5.32 Å². The molecule has 0 saturated heterocycles. The van der Waals surface area contributed by atoms with E-state index in [0.29, 0.717) is 12.0 Å². The zero-order valence-corrected chi connectivity index (χ0v) is 15.5. The molecule has 0 spiro atoms. The molecule has 1 N–H and O–H groups in total. The highest BCUT2D eigenvalue weighted by Gasteiger charge is 2.37. The molecule has 0 bridgehead atoms. The monoisotopic (exact) mass is 343 g/mol. The molecule has 0 saturated carbocycles. The molecule has 3 nitrogen and oxygen atoms in total. The van der Waals surface area contributed by atoms with Crippen LogP contribution in [0.15, 0.2) is 17.5 Å². The van der Waals surface area contributed by atoms with E-state index in [1.54, 1.807) is 30.2 Å². The van der Waals surface area contributed by atoms with Gasteiger partial charge >= 0.3 is 0 Å². The van der Waals surface area contributed by atoms with E-state index in [-0.39, 0.29) is 0 Å². The normalized spacial score (nSPS) is 21.6. The van der Waals surface area contributed by atoms with Gasteiger partial charge in [0.25, 0.3) is 0 Å². The number of ether oxygens (including phenoxy) is 2. The van der Waals surface area contributed by atoms with Gasteiger partial charge in [-0.05, 0) is 59.0 Å². The van der Waals surface area contributed by atoms with E-state index >= 15 is 0 Å². The summed E-state index contributed by atoms with van der Waals surface area (Å²) < 4.78 is 11.1. The lowest BCUT2D eigenvalue weighted by Crippen LogP contribution is -2.42. The van der Waals surface area contributed by atoms with E-state index in [1.165, 1.54) is 30.4 Å². The molecule has 1 aromatic carbocycles. The van der Waals surface area contributed by atoms with E-state index in [9.17, 15) is 0 Å². The highest BCUT2D eigenvalue weighted by atomic mass is 32.1. The highest BCUT2D eigenvalue weighted by Crippen LogP contribution is 2.46. The summed E-state index contributed by atoms with van der Waals surface area (Å²) in [5.74, 6) is 2.13. The molecular formula is C20H25NO2S. The van der Waals surface area contributed by atoms with Crippen molar-refractivity contribution in [2.75, 3.05) is 14.2 Å². The summed E-state index contributed by atoms with van der Waals surface area (Å²) in [6, 6.07) is 4.92. The van der Waals surface area contributed by atoms with E-state index in [0.717, 1.165) is 24.5 Å². The minimum Gasteiger partial charge on any atom is -0.493 e. The fourth-order valence-electron chi connectivity index (χ4n) is 4.31. The Labute approximate surface area is 148 Å². The first-order chi connectivity index (χ1) is 11.8. The zero-order valence-electron chi connectivity index (χ0n) is 14.6. The van der Waals surface area contributed by atoms with E-state index in [1.807, 2.05) is 11.3 Å². The van der Waals surface area contributed by atoms with E-state index in [2.05, 4.69) is 29.8 Å². The molecule has 0 unspecified atom stereocenters. The number of hydrogen-bond acceptors (Lipinski definition) is 4. The number of benzene rings is 1. The topological polar surface area (TPSA) is 30.5 Å². The zero-order chi connectivity index (χ0) is 16.7. The van der Waals surface area contributed by atoms with Crippen LogP contribution in [0.3, 0.4) is 0 Å². The highest BCUT2D eigenvalue weighted by molar-refractivity contribution is 7.10. The molecular weight excluding hydrogens is 318 g/mol. The van der Waals surface area contributed by atoms with Gasteiger partial charge in [-0.15, -0.1) is 11.3 Å².